The van der Waals surface area contributed by atoms with Crippen LogP contribution in [0.4, 0.5) is 0 Å². The highest BCUT2D eigenvalue weighted by molar-refractivity contribution is 7.80. The maximum atomic E-state index is 13.0. The molecule has 0 aliphatic carbocycles. The molecular formula is C32H48N10O8S2. The average Bonchev–Trinajstić information content (AvgIpc) is 3.49. The quantitative estimate of drug-likeness (QED) is 0.0571. The molecule has 52 heavy (non-hydrogen) atoms. The van der Waals surface area contributed by atoms with E-state index in [1.807, 2.05) is 38.1 Å². The van der Waals surface area contributed by atoms with E-state index in [-0.39, 0.29) is 30.3 Å². The summed E-state index contributed by atoms with van der Waals surface area (Å²) in [6.07, 6.45) is 1.54. The summed E-state index contributed by atoms with van der Waals surface area (Å²) in [5.74, 6) is -6.81. The summed E-state index contributed by atoms with van der Waals surface area (Å²) < 4.78 is 0. The maximum Gasteiger partial charge on any atom is 0.244 e. The lowest BCUT2D eigenvalue weighted by atomic mass is 10.0. The van der Waals surface area contributed by atoms with E-state index in [4.69, 9.17) is 17.2 Å². The number of hydrogen-bond donors (Lipinski definition) is 12. The highest BCUT2D eigenvalue weighted by Gasteiger charge is 2.30. The van der Waals surface area contributed by atoms with Crippen LogP contribution in [0, 0.1) is 5.92 Å². The van der Waals surface area contributed by atoms with Crippen LogP contribution in [-0.4, -0.2) is 107 Å². The average molecular weight is 765 g/mol. The van der Waals surface area contributed by atoms with Gasteiger partial charge >= 0.3 is 0 Å². The summed E-state index contributed by atoms with van der Waals surface area (Å²) in [5, 5.41) is 15.2. The zero-order valence-electron chi connectivity index (χ0n) is 29.1. The van der Waals surface area contributed by atoms with Gasteiger partial charge in [0.1, 0.15) is 30.2 Å². The number of nitrogens with two attached hydrogens (primary N) is 3. The van der Waals surface area contributed by atoms with Crippen molar-refractivity contribution < 1.29 is 38.4 Å². The first-order chi connectivity index (χ1) is 24.5. The van der Waals surface area contributed by atoms with Crippen LogP contribution in [0.2, 0.25) is 0 Å². The lowest BCUT2D eigenvalue weighted by molar-refractivity contribution is -0.134. The van der Waals surface area contributed by atoms with Crippen molar-refractivity contribution in [1.82, 2.24) is 36.9 Å². The molecule has 286 valence electrons. The number of nitrogens with one attached hydrogen (secondary N) is 7. The minimum atomic E-state index is -1.54. The van der Waals surface area contributed by atoms with Gasteiger partial charge in [0.05, 0.1) is 19.0 Å². The van der Waals surface area contributed by atoms with Crippen LogP contribution < -0.4 is 49.1 Å². The van der Waals surface area contributed by atoms with E-state index in [0.29, 0.717) is 0 Å². The molecule has 2 rings (SSSR count). The molecule has 0 bridgehead atoms. The standard InChI is InChI=1S/C32H48N10O8S2/c1-15(2)8-21(27(35)45)40-32(50)24(14-52)42-30(48)22(10-25(34)43)39-26(44)12-37-28(46)16(3)38-31(49)23(13-51)41-29(47)19(33)9-17-11-36-20-7-5-4-6-18(17)20/h4-7,11,15-16,19,21-24,36,51-52H,8-10,12-14,33H2,1-3H3,(H2,34,43)(H2,35,45)(H,37,46)(H,38,49)(H,39,44)(H,40,50)(H,41,47)(H,42,48)/t16-,19-,21-,22-,23-,24-/m0/s1. The number of benzene rings is 1. The van der Waals surface area contributed by atoms with Crippen molar-refractivity contribution in [1.29, 1.82) is 0 Å². The van der Waals surface area contributed by atoms with Crippen molar-refractivity contribution >= 4 is 83.4 Å². The number of carbonyl (C=O) groups excluding carboxylic acids is 8. The van der Waals surface area contributed by atoms with Crippen molar-refractivity contribution in [2.24, 2.45) is 23.1 Å². The fourth-order valence-electron chi connectivity index (χ4n) is 4.92. The number of rotatable bonds is 21. The second-order valence-electron chi connectivity index (χ2n) is 12.5. The molecule has 1 aromatic carbocycles. The van der Waals surface area contributed by atoms with E-state index in [1.165, 1.54) is 6.92 Å². The Balaban J connectivity index is 1.91. The Morgan fingerprint density at radius 2 is 1.29 bits per heavy atom. The van der Waals surface area contributed by atoms with E-state index in [2.05, 4.69) is 62.1 Å². The summed E-state index contributed by atoms with van der Waals surface area (Å²) >= 11 is 8.21. The molecule has 0 saturated heterocycles. The molecule has 18 nitrogen and oxygen atoms in total. The smallest absolute Gasteiger partial charge is 0.244 e. The zero-order chi connectivity index (χ0) is 39.1. The Morgan fingerprint density at radius 1 is 0.731 bits per heavy atom. The Hall–Kier alpha value is -4.82. The minimum Gasteiger partial charge on any atom is -0.370 e. The number of carbonyl (C=O) groups is 8. The van der Waals surface area contributed by atoms with Crippen LogP contribution in [0.3, 0.4) is 0 Å². The molecule has 0 saturated carbocycles. The molecule has 0 spiro atoms. The molecule has 0 fully saturated rings. The Bertz CT molecular complexity index is 1620. The lowest BCUT2D eigenvalue weighted by Gasteiger charge is -2.24. The molecule has 0 aliphatic heterocycles. The highest BCUT2D eigenvalue weighted by Crippen LogP contribution is 2.18. The van der Waals surface area contributed by atoms with Gasteiger partial charge in [-0.15, -0.1) is 0 Å². The van der Waals surface area contributed by atoms with Crippen molar-refractivity contribution in [2.45, 2.75) is 76.3 Å². The largest absolute Gasteiger partial charge is 0.370 e. The SMILES string of the molecule is CC(C)C[C@H](NC(=O)[C@H](CS)NC(=O)[C@H](CC(N)=O)NC(=O)CNC(=O)[C@H](C)NC(=O)[C@H](CS)NC(=O)[C@@H](N)Cc1c[nH]c2ccccc12)C(N)=O. The number of hydrogen-bond acceptors (Lipinski definition) is 11. The van der Waals surface area contributed by atoms with Gasteiger partial charge in [-0.1, -0.05) is 32.0 Å². The number of primary amides is 2. The molecule has 0 radical (unpaired) electrons. The fraction of sp³-hybridized carbons (Fsp3) is 0.500. The van der Waals surface area contributed by atoms with Gasteiger partial charge in [-0.2, -0.15) is 25.3 Å². The molecule has 8 amide bonds. The Labute approximate surface area is 311 Å². The molecule has 6 atom stereocenters. The van der Waals surface area contributed by atoms with E-state index in [0.717, 1.165) is 16.5 Å². The summed E-state index contributed by atoms with van der Waals surface area (Å²) in [4.78, 5) is 103. The monoisotopic (exact) mass is 764 g/mol. The summed E-state index contributed by atoms with van der Waals surface area (Å²) in [6.45, 7) is 4.30. The number of aromatic nitrogens is 1. The Morgan fingerprint density at radius 3 is 1.87 bits per heavy atom. The topological polar surface area (TPSA) is 303 Å². The van der Waals surface area contributed by atoms with Gasteiger partial charge in [0.15, 0.2) is 0 Å². The van der Waals surface area contributed by atoms with Gasteiger partial charge in [-0.3, -0.25) is 38.4 Å². The first-order valence-corrected chi connectivity index (χ1v) is 17.6. The van der Waals surface area contributed by atoms with Crippen molar-refractivity contribution in [3.05, 3.63) is 36.0 Å². The normalized spacial score (nSPS) is 14.5. The Kier molecular flexibility index (Phi) is 17.4. The van der Waals surface area contributed by atoms with Crippen molar-refractivity contribution in [2.75, 3.05) is 18.1 Å². The van der Waals surface area contributed by atoms with Gasteiger partial charge in [-0.05, 0) is 37.3 Å². The molecule has 13 N–H and O–H groups in total. The summed E-state index contributed by atoms with van der Waals surface area (Å²) in [6, 6.07) is 0.373. The van der Waals surface area contributed by atoms with Gasteiger partial charge < -0.3 is 54.1 Å². The van der Waals surface area contributed by atoms with Crippen LogP contribution in [-0.2, 0) is 44.8 Å². The van der Waals surface area contributed by atoms with Crippen LogP contribution in [0.15, 0.2) is 30.5 Å². The lowest BCUT2D eigenvalue weighted by Crippen LogP contribution is -2.58. The van der Waals surface area contributed by atoms with Crippen molar-refractivity contribution in [3.8, 4) is 0 Å². The van der Waals surface area contributed by atoms with E-state index < -0.39 is 96.5 Å². The number of thiol groups is 2. The number of amides is 8. The summed E-state index contributed by atoms with van der Waals surface area (Å²) in [7, 11) is 0. The van der Waals surface area contributed by atoms with Gasteiger partial charge in [0.25, 0.3) is 0 Å². The number of para-hydroxylation sites is 1. The molecule has 2 aromatic rings. The van der Waals surface area contributed by atoms with E-state index >= 15 is 0 Å². The molecular weight excluding hydrogens is 717 g/mol. The fourth-order valence-corrected chi connectivity index (χ4v) is 5.43. The van der Waals surface area contributed by atoms with E-state index in [1.54, 1.807) is 6.20 Å². The highest BCUT2D eigenvalue weighted by atomic mass is 32.1. The second kappa shape index (κ2) is 20.9. The molecule has 0 aliphatic rings. The first-order valence-electron chi connectivity index (χ1n) is 16.4. The molecule has 0 unspecified atom stereocenters. The number of aromatic amines is 1. The van der Waals surface area contributed by atoms with Gasteiger partial charge in [0.2, 0.25) is 47.3 Å². The minimum absolute atomic E-state index is 0.0151. The van der Waals surface area contributed by atoms with Crippen molar-refractivity contribution in [3.63, 3.8) is 0 Å². The maximum absolute atomic E-state index is 13.0. The molecule has 1 heterocycles. The zero-order valence-corrected chi connectivity index (χ0v) is 30.9. The number of H-pyrrole nitrogens is 1. The second-order valence-corrected chi connectivity index (χ2v) is 13.2. The van der Waals surface area contributed by atoms with Crippen LogP contribution in [0.5, 0.6) is 0 Å². The third-order valence-electron chi connectivity index (χ3n) is 7.68. The predicted octanol–water partition coefficient (Wildman–Crippen LogP) is -3.14. The summed E-state index contributed by atoms with van der Waals surface area (Å²) in [5.41, 5.74) is 18.4. The first kappa shape index (κ1) is 43.3. The molecule has 20 heteroatoms. The van der Waals surface area contributed by atoms with Gasteiger partial charge in [0, 0.05) is 28.6 Å². The van der Waals surface area contributed by atoms with E-state index in [9.17, 15) is 38.4 Å². The predicted molar refractivity (Wildman–Crippen MR) is 198 cm³/mol. The third kappa shape index (κ3) is 13.7. The number of fused-ring (bicyclic) bond motifs is 1. The van der Waals surface area contributed by atoms with Crippen LogP contribution >= 0.6 is 25.3 Å². The third-order valence-corrected chi connectivity index (χ3v) is 8.41. The van der Waals surface area contributed by atoms with Crippen LogP contribution in [0.1, 0.15) is 39.2 Å². The molecule has 1 aromatic heterocycles. The van der Waals surface area contributed by atoms with Crippen LogP contribution in [0.25, 0.3) is 10.9 Å². The van der Waals surface area contributed by atoms with Gasteiger partial charge in [-0.25, -0.2) is 0 Å².